The number of hydrogen-bond acceptors (Lipinski definition) is 5. The van der Waals surface area contributed by atoms with Gasteiger partial charge in [0.25, 0.3) is 0 Å². The number of aromatic nitrogens is 2. The summed E-state index contributed by atoms with van der Waals surface area (Å²) in [5.74, 6) is 0.883. The van der Waals surface area contributed by atoms with Gasteiger partial charge in [-0.05, 0) is 12.2 Å². The monoisotopic (exact) mass is 167 g/mol. The van der Waals surface area contributed by atoms with Crippen LogP contribution >= 0.6 is 12.2 Å². The molecule has 0 saturated carbocycles. The fourth-order valence-electron chi connectivity index (χ4n) is 0.519. The summed E-state index contributed by atoms with van der Waals surface area (Å²) in [5, 5.41) is 2.19. The molecule has 0 atom stereocenters. The molecule has 5 heteroatoms. The average molecular weight is 167 g/mol. The zero-order valence-electron chi connectivity index (χ0n) is 5.81. The Balaban J connectivity index is 2.91. The second-order valence-corrected chi connectivity index (χ2v) is 1.80. The molecule has 0 aromatic carbocycles. The van der Waals surface area contributed by atoms with Gasteiger partial charge in [0.1, 0.15) is 0 Å². The van der Waals surface area contributed by atoms with E-state index in [1.54, 1.807) is 0 Å². The van der Waals surface area contributed by atoms with Crippen LogP contribution in [0.1, 0.15) is 0 Å². The topological polar surface area (TPSA) is 47.4 Å². The molecule has 0 amide bonds. The van der Waals surface area contributed by atoms with Crippen LogP contribution in [0.15, 0.2) is 17.4 Å². The van der Waals surface area contributed by atoms with Gasteiger partial charge in [0.05, 0.1) is 24.7 Å². The first kappa shape index (κ1) is 7.78. The van der Waals surface area contributed by atoms with Crippen molar-refractivity contribution in [2.24, 2.45) is 4.99 Å². The number of hydrogen-bond donors (Lipinski definition) is 0. The van der Waals surface area contributed by atoms with Crippen LogP contribution in [-0.4, -0.2) is 22.2 Å². The van der Waals surface area contributed by atoms with Crippen molar-refractivity contribution in [3.05, 3.63) is 12.4 Å². The van der Waals surface area contributed by atoms with E-state index in [9.17, 15) is 0 Å². The van der Waals surface area contributed by atoms with Crippen molar-refractivity contribution in [2.75, 3.05) is 7.11 Å². The Bertz CT molecular complexity index is 278. The summed E-state index contributed by atoms with van der Waals surface area (Å²) in [5.41, 5.74) is 0. The Morgan fingerprint density at radius 1 is 1.55 bits per heavy atom. The minimum Gasteiger partial charge on any atom is -0.480 e. The smallest absolute Gasteiger partial charge is 0.232 e. The van der Waals surface area contributed by atoms with E-state index in [0.717, 1.165) is 0 Å². The Morgan fingerprint density at radius 2 is 2.36 bits per heavy atom. The molecule has 0 bridgehead atoms. The van der Waals surface area contributed by atoms with Gasteiger partial charge in [-0.2, -0.15) is 4.99 Å². The molecule has 0 aliphatic heterocycles. The molecular weight excluding hydrogens is 162 g/mol. The molecule has 0 fully saturated rings. The van der Waals surface area contributed by atoms with Crippen LogP contribution in [-0.2, 0) is 0 Å². The van der Waals surface area contributed by atoms with Gasteiger partial charge in [-0.15, -0.1) is 0 Å². The van der Waals surface area contributed by atoms with E-state index in [1.807, 2.05) is 0 Å². The van der Waals surface area contributed by atoms with Crippen molar-refractivity contribution in [1.29, 1.82) is 0 Å². The van der Waals surface area contributed by atoms with Gasteiger partial charge in [0.15, 0.2) is 5.82 Å². The Labute approximate surface area is 69.0 Å². The van der Waals surface area contributed by atoms with Gasteiger partial charge >= 0.3 is 0 Å². The lowest BCUT2D eigenvalue weighted by atomic mass is 10.6. The molecule has 1 aromatic rings. The normalized spacial score (nSPS) is 8.45. The summed E-state index contributed by atoms with van der Waals surface area (Å²) in [4.78, 5) is 11.3. The third-order valence-corrected chi connectivity index (χ3v) is 1.08. The zero-order valence-corrected chi connectivity index (χ0v) is 6.63. The SMILES string of the molecule is COc1cnc(N=C=S)cn1. The van der Waals surface area contributed by atoms with Crippen molar-refractivity contribution in [1.82, 2.24) is 9.97 Å². The fraction of sp³-hybridized carbons (Fsp3) is 0.167. The lowest BCUT2D eigenvalue weighted by molar-refractivity contribution is 0.396. The predicted molar refractivity (Wildman–Crippen MR) is 43.3 cm³/mol. The quantitative estimate of drug-likeness (QED) is 0.490. The van der Waals surface area contributed by atoms with E-state index in [2.05, 4.69) is 32.3 Å². The molecule has 11 heavy (non-hydrogen) atoms. The van der Waals surface area contributed by atoms with Gasteiger partial charge in [0, 0.05) is 0 Å². The largest absolute Gasteiger partial charge is 0.480 e. The summed E-state index contributed by atoms with van der Waals surface area (Å²) in [6.07, 6.45) is 2.92. The summed E-state index contributed by atoms with van der Waals surface area (Å²) in [6.45, 7) is 0. The van der Waals surface area contributed by atoms with E-state index in [4.69, 9.17) is 4.74 Å². The highest BCUT2D eigenvalue weighted by Gasteiger charge is 1.92. The molecule has 0 spiro atoms. The third kappa shape index (κ3) is 2.07. The Kier molecular flexibility index (Phi) is 2.66. The van der Waals surface area contributed by atoms with Crippen LogP contribution in [0.5, 0.6) is 5.88 Å². The van der Waals surface area contributed by atoms with Crippen LogP contribution < -0.4 is 4.74 Å². The van der Waals surface area contributed by atoms with E-state index < -0.39 is 0 Å². The maximum Gasteiger partial charge on any atom is 0.232 e. The lowest BCUT2D eigenvalue weighted by Gasteiger charge is -1.94. The number of rotatable bonds is 2. The van der Waals surface area contributed by atoms with Crippen LogP contribution in [0.25, 0.3) is 0 Å². The van der Waals surface area contributed by atoms with Gasteiger partial charge in [0.2, 0.25) is 5.88 Å². The minimum atomic E-state index is 0.431. The molecular formula is C6H5N3OS. The number of nitrogens with zero attached hydrogens (tertiary/aromatic N) is 3. The van der Waals surface area contributed by atoms with Crippen molar-refractivity contribution in [2.45, 2.75) is 0 Å². The van der Waals surface area contributed by atoms with Gasteiger partial charge < -0.3 is 4.74 Å². The summed E-state index contributed by atoms with van der Waals surface area (Å²) < 4.78 is 4.79. The Morgan fingerprint density at radius 3 is 2.82 bits per heavy atom. The summed E-state index contributed by atoms with van der Waals surface area (Å²) in [7, 11) is 1.52. The summed E-state index contributed by atoms with van der Waals surface area (Å²) in [6, 6.07) is 0. The number of aliphatic imine (C=N–C) groups is 1. The van der Waals surface area contributed by atoms with Crippen molar-refractivity contribution in [3.63, 3.8) is 0 Å². The average Bonchev–Trinajstić information content (AvgIpc) is 2.07. The first-order valence-corrected chi connectivity index (χ1v) is 3.21. The van der Waals surface area contributed by atoms with E-state index in [-0.39, 0.29) is 0 Å². The maximum absolute atomic E-state index is 4.79. The number of ether oxygens (including phenoxy) is 1. The second kappa shape index (κ2) is 3.75. The molecule has 4 nitrogen and oxygen atoms in total. The number of isothiocyanates is 1. The number of thiocarbonyl (C=S) groups is 1. The molecule has 1 heterocycles. The molecule has 56 valence electrons. The molecule has 0 N–H and O–H groups in total. The van der Waals surface area contributed by atoms with Crippen molar-refractivity contribution >= 4 is 23.2 Å². The van der Waals surface area contributed by atoms with Gasteiger partial charge in [-0.1, -0.05) is 0 Å². The highest BCUT2D eigenvalue weighted by atomic mass is 32.1. The van der Waals surface area contributed by atoms with Crippen LogP contribution in [0, 0.1) is 0 Å². The molecule has 0 aliphatic carbocycles. The summed E-state index contributed by atoms with van der Waals surface area (Å²) >= 11 is 4.38. The highest BCUT2D eigenvalue weighted by Crippen LogP contribution is 2.07. The molecule has 1 aromatic heterocycles. The number of methoxy groups -OCH3 is 1. The maximum atomic E-state index is 4.79. The fourth-order valence-corrected chi connectivity index (χ4v) is 0.613. The van der Waals surface area contributed by atoms with E-state index in [0.29, 0.717) is 11.7 Å². The van der Waals surface area contributed by atoms with Crippen LogP contribution in [0.4, 0.5) is 5.82 Å². The molecule has 1 rings (SSSR count). The standard InChI is InChI=1S/C6H5N3OS/c1-10-6-3-7-5(2-8-6)9-4-11/h2-3H,1H3. The van der Waals surface area contributed by atoms with Crippen LogP contribution in [0.3, 0.4) is 0 Å². The molecule has 0 aliphatic rings. The minimum absolute atomic E-state index is 0.431. The second-order valence-electron chi connectivity index (χ2n) is 1.62. The first-order valence-electron chi connectivity index (χ1n) is 2.80. The van der Waals surface area contributed by atoms with Gasteiger partial charge in [-0.25, -0.2) is 9.97 Å². The van der Waals surface area contributed by atoms with Crippen LogP contribution in [0.2, 0.25) is 0 Å². The predicted octanol–water partition coefficient (Wildman–Crippen LogP) is 1.22. The van der Waals surface area contributed by atoms with Gasteiger partial charge in [-0.3, -0.25) is 0 Å². The van der Waals surface area contributed by atoms with E-state index >= 15 is 0 Å². The molecule has 0 saturated heterocycles. The van der Waals surface area contributed by atoms with Crippen molar-refractivity contribution in [3.8, 4) is 5.88 Å². The molecule has 0 unspecified atom stereocenters. The first-order chi connectivity index (χ1) is 5.36. The lowest BCUT2D eigenvalue weighted by Crippen LogP contribution is -1.86. The Hall–Kier alpha value is -1.32. The zero-order chi connectivity index (χ0) is 8.10. The molecule has 0 radical (unpaired) electrons. The highest BCUT2D eigenvalue weighted by molar-refractivity contribution is 7.78. The van der Waals surface area contributed by atoms with Crippen molar-refractivity contribution < 1.29 is 4.74 Å². The van der Waals surface area contributed by atoms with E-state index in [1.165, 1.54) is 19.5 Å². The third-order valence-electron chi connectivity index (χ3n) is 0.984.